The average Bonchev–Trinajstić information content (AvgIpc) is 3.72. The van der Waals surface area contributed by atoms with Crippen molar-refractivity contribution >= 4 is 40.5 Å². The Kier molecular flexibility index (Phi) is 16.0. The van der Waals surface area contributed by atoms with Crippen molar-refractivity contribution < 1.29 is 38.1 Å². The monoisotopic (exact) mass is 1030 g/mol. The van der Waals surface area contributed by atoms with Gasteiger partial charge in [-0.2, -0.15) is 0 Å². The van der Waals surface area contributed by atoms with Gasteiger partial charge in [-0.25, -0.2) is 15.0 Å². The number of ether oxygens (including phenoxy) is 4. The summed E-state index contributed by atoms with van der Waals surface area (Å²) in [6.45, 7) is 18.7. The van der Waals surface area contributed by atoms with Crippen LogP contribution in [0, 0.1) is 5.41 Å². The summed E-state index contributed by atoms with van der Waals surface area (Å²) in [7, 11) is 0. The number of cyclic esters (lactones) is 1. The minimum absolute atomic E-state index is 0.0821. The fourth-order valence-electron chi connectivity index (χ4n) is 10.5. The number of nitrogens with one attached hydrogen (secondary N) is 2. The Labute approximate surface area is 446 Å². The molecule has 0 aliphatic carbocycles. The summed E-state index contributed by atoms with van der Waals surface area (Å²) in [5.41, 5.74) is 13.6. The van der Waals surface area contributed by atoms with E-state index in [9.17, 15) is 19.2 Å². The first-order chi connectivity index (χ1) is 36.4. The van der Waals surface area contributed by atoms with E-state index < -0.39 is 41.1 Å². The number of hydrogen-bond donors (Lipinski definition) is 2. The third-order valence-electron chi connectivity index (χ3n) is 14.2. The summed E-state index contributed by atoms with van der Waals surface area (Å²) in [6.07, 6.45) is 5.34. The van der Waals surface area contributed by atoms with E-state index in [1.165, 1.54) is 5.01 Å². The quantitative estimate of drug-likeness (QED) is 0.100. The van der Waals surface area contributed by atoms with Gasteiger partial charge in [0.1, 0.15) is 36.6 Å². The number of aromatic nitrogens is 2. The number of pyridine rings is 1. The van der Waals surface area contributed by atoms with Gasteiger partial charge in [-0.05, 0) is 134 Å². The highest BCUT2D eigenvalue weighted by Gasteiger charge is 2.36. The molecule has 14 nitrogen and oxygen atoms in total. The van der Waals surface area contributed by atoms with Gasteiger partial charge in [0.2, 0.25) is 0 Å². The first-order valence-electron chi connectivity index (χ1n) is 26.8. The number of nitrogens with zero attached hydrogens (tertiary/aromatic N) is 4. The molecule has 2 N–H and O–H groups in total. The van der Waals surface area contributed by atoms with Gasteiger partial charge in [-0.15, -0.1) is 0 Å². The molecular formula is C62H72N6O8. The van der Waals surface area contributed by atoms with Crippen LogP contribution < -0.4 is 15.5 Å². The van der Waals surface area contributed by atoms with Gasteiger partial charge in [-0.3, -0.25) is 19.6 Å². The summed E-state index contributed by atoms with van der Waals surface area (Å²) < 4.78 is 26.5. The second-order valence-electron chi connectivity index (χ2n) is 22.4. The largest absolute Gasteiger partial charge is 0.489 e. The maximum Gasteiger partial charge on any atom is 0.410 e. The Morgan fingerprint density at radius 2 is 1.63 bits per heavy atom. The minimum Gasteiger partial charge on any atom is -0.489 e. The van der Waals surface area contributed by atoms with Crippen molar-refractivity contribution in [2.75, 3.05) is 26.2 Å². The van der Waals surface area contributed by atoms with Crippen LogP contribution >= 0.6 is 0 Å². The fourth-order valence-corrected chi connectivity index (χ4v) is 10.5. The van der Waals surface area contributed by atoms with E-state index in [0.717, 1.165) is 72.4 Å². The lowest BCUT2D eigenvalue weighted by atomic mass is 9.83. The molecule has 3 aliphatic rings. The highest BCUT2D eigenvalue weighted by Crippen LogP contribution is 2.43. The molecule has 4 aromatic carbocycles. The zero-order valence-corrected chi connectivity index (χ0v) is 45.2. The topological polar surface area (TPSA) is 154 Å². The highest BCUT2D eigenvalue weighted by atomic mass is 16.6. The predicted molar refractivity (Wildman–Crippen MR) is 295 cm³/mol. The molecule has 0 spiro atoms. The fraction of sp³-hybridized carbons (Fsp3) is 0.403. The Morgan fingerprint density at radius 3 is 2.32 bits per heavy atom. The van der Waals surface area contributed by atoms with E-state index in [4.69, 9.17) is 23.9 Å². The minimum atomic E-state index is -1.06. The van der Waals surface area contributed by atoms with Gasteiger partial charge in [0.15, 0.2) is 0 Å². The van der Waals surface area contributed by atoms with E-state index in [-0.39, 0.29) is 31.6 Å². The van der Waals surface area contributed by atoms with E-state index in [2.05, 4.69) is 86.3 Å². The van der Waals surface area contributed by atoms with Crippen LogP contribution in [0.2, 0.25) is 0 Å². The van der Waals surface area contributed by atoms with Crippen molar-refractivity contribution in [3.63, 3.8) is 0 Å². The molecule has 2 atom stereocenters. The van der Waals surface area contributed by atoms with Crippen molar-refractivity contribution in [3.8, 4) is 28.1 Å². The van der Waals surface area contributed by atoms with Crippen LogP contribution in [0.3, 0.4) is 0 Å². The number of aryl methyl sites for hydroxylation is 1. The van der Waals surface area contributed by atoms with Gasteiger partial charge >= 0.3 is 18.2 Å². The second kappa shape index (κ2) is 22.8. The zero-order chi connectivity index (χ0) is 53.7. The molecule has 6 bridgehead atoms. The van der Waals surface area contributed by atoms with Crippen molar-refractivity contribution in [2.24, 2.45) is 5.41 Å². The molecule has 76 heavy (non-hydrogen) atoms. The molecule has 0 radical (unpaired) electrons. The Balaban J connectivity index is 1.16. The molecule has 3 amide bonds. The molecule has 14 heteroatoms. The van der Waals surface area contributed by atoms with Crippen LogP contribution in [0.15, 0.2) is 115 Å². The van der Waals surface area contributed by atoms with Gasteiger partial charge in [0.25, 0.3) is 5.91 Å². The van der Waals surface area contributed by atoms with Gasteiger partial charge in [0, 0.05) is 60.7 Å². The molecule has 1 saturated heterocycles. The van der Waals surface area contributed by atoms with Gasteiger partial charge in [0.05, 0.1) is 18.0 Å². The first-order valence-corrected chi connectivity index (χ1v) is 26.8. The lowest BCUT2D eigenvalue weighted by molar-refractivity contribution is -0.155. The number of amides is 3. The number of hydrazine groups is 1. The van der Waals surface area contributed by atoms with E-state index in [0.29, 0.717) is 64.2 Å². The number of fused-ring (bicyclic) bond motifs is 6. The number of rotatable bonds is 10. The van der Waals surface area contributed by atoms with Crippen molar-refractivity contribution in [1.82, 2.24) is 30.2 Å². The van der Waals surface area contributed by atoms with Crippen LogP contribution in [0.1, 0.15) is 114 Å². The molecule has 6 aromatic rings. The molecule has 9 rings (SSSR count). The third-order valence-corrected chi connectivity index (χ3v) is 14.2. The average molecular weight is 1030 g/mol. The SMILES string of the molecule is CCn1c(-c2cc(C3=CCN(C(=O)OCc4ccccc4)CC3)cnc2C(C)C)c2c3cc(ccc31)-c1cc(cc(OCc3ccccc3)c1)C[C@H](NC(=O)OC(C)(C)C)C(=O)N1CCC[C@H](N1)C(=O)OCC(C)(C)C2. The first kappa shape index (κ1) is 53.4. The van der Waals surface area contributed by atoms with Crippen LogP contribution in [0.5, 0.6) is 5.75 Å². The second-order valence-corrected chi connectivity index (χ2v) is 22.4. The summed E-state index contributed by atoms with van der Waals surface area (Å²) in [4.78, 5) is 62.4. The zero-order valence-electron chi connectivity index (χ0n) is 45.2. The van der Waals surface area contributed by atoms with Gasteiger partial charge < -0.3 is 33.7 Å². The van der Waals surface area contributed by atoms with Crippen molar-refractivity contribution in [2.45, 2.75) is 131 Å². The third kappa shape index (κ3) is 12.6. The molecule has 2 aromatic heterocycles. The maximum atomic E-state index is 14.6. The number of hydrogen-bond acceptors (Lipinski definition) is 10. The molecule has 0 saturated carbocycles. The van der Waals surface area contributed by atoms with Crippen molar-refractivity contribution in [1.29, 1.82) is 0 Å². The van der Waals surface area contributed by atoms with E-state index in [1.807, 2.05) is 79.0 Å². The lowest BCUT2D eigenvalue weighted by Gasteiger charge is -2.35. The molecule has 0 unspecified atom stereocenters. The molecular weight excluding hydrogens is 957 g/mol. The van der Waals surface area contributed by atoms with Crippen LogP contribution in [-0.4, -0.2) is 87.4 Å². The molecule has 5 heterocycles. The number of carbonyl (C=O) groups is 4. The van der Waals surface area contributed by atoms with Crippen LogP contribution in [0.4, 0.5) is 9.59 Å². The van der Waals surface area contributed by atoms with Crippen LogP contribution in [0.25, 0.3) is 38.9 Å². The van der Waals surface area contributed by atoms with Crippen LogP contribution in [-0.2, 0) is 56.4 Å². The summed E-state index contributed by atoms with van der Waals surface area (Å²) >= 11 is 0. The lowest BCUT2D eigenvalue weighted by Crippen LogP contribution is -2.60. The highest BCUT2D eigenvalue weighted by molar-refractivity contribution is 5.96. The normalized spacial score (nSPS) is 18.1. The van der Waals surface area contributed by atoms with E-state index >= 15 is 0 Å². The van der Waals surface area contributed by atoms with Gasteiger partial charge in [-0.1, -0.05) is 107 Å². The predicted octanol–water partition coefficient (Wildman–Crippen LogP) is 11.6. The van der Waals surface area contributed by atoms with E-state index in [1.54, 1.807) is 25.7 Å². The summed E-state index contributed by atoms with van der Waals surface area (Å²) in [5.74, 6) is -0.159. The van der Waals surface area contributed by atoms with Crippen molar-refractivity contribution in [3.05, 3.63) is 149 Å². The Morgan fingerprint density at radius 1 is 0.895 bits per heavy atom. The molecule has 398 valence electrons. The number of alkyl carbamates (subject to hydrolysis) is 1. The Bertz CT molecular complexity index is 3120. The number of esters is 1. The maximum absolute atomic E-state index is 14.6. The Hall–Kier alpha value is -7.45. The molecule has 1 fully saturated rings. The smallest absolute Gasteiger partial charge is 0.410 e. The number of carbonyl (C=O) groups excluding carboxylic acids is 4. The summed E-state index contributed by atoms with van der Waals surface area (Å²) in [5, 5.41) is 5.37. The standard InChI is InChI=1S/C62H72N6O8/c1-9-67-54-23-22-45-33-49(54)51(56(67)50-34-47(36-63-55(50)40(2)3)44-24-27-66(28-25-44)60(72)74-38-42-19-14-11-15-20-42)35-62(7,8)39-75-58(70)52-21-16-26-68(65-52)57(69)53(64-59(71)76-61(4,5)6)31-43-29-46(45)32-48(30-43)73-37-41-17-12-10-13-18-41/h10-15,17-20,22-24,29-30,32-34,36,40,52-53,65H,9,16,21,25-28,31,35,37-39H2,1-8H3,(H,64,71)/t52-,53-/m0/s1. The summed E-state index contributed by atoms with van der Waals surface area (Å²) in [6, 6.07) is 32.7. The number of benzene rings is 4. The molecule has 3 aliphatic heterocycles.